The first-order valence-electron chi connectivity index (χ1n) is 11.7. The zero-order valence-corrected chi connectivity index (χ0v) is 21.6. The minimum atomic E-state index is -3.50. The van der Waals surface area contributed by atoms with Gasteiger partial charge in [0.25, 0.3) is 0 Å². The quantitative estimate of drug-likeness (QED) is 0.496. The van der Waals surface area contributed by atoms with Gasteiger partial charge in [0.1, 0.15) is 6.04 Å². The largest absolute Gasteiger partial charge is 0.352 e. The Morgan fingerprint density at radius 3 is 2.15 bits per heavy atom. The average molecular weight is 488 g/mol. The Hall–Kier alpha value is -2.87. The molecule has 2 aromatic carbocycles. The smallest absolute Gasteiger partial charge is 0.242 e. The number of sulfonamides is 1. The number of rotatable bonds is 12. The van der Waals surface area contributed by atoms with Crippen LogP contribution < -0.4 is 9.62 Å². The molecule has 0 aliphatic carbocycles. The van der Waals surface area contributed by atoms with Gasteiger partial charge in [0.05, 0.1) is 11.9 Å². The van der Waals surface area contributed by atoms with E-state index in [1.807, 2.05) is 63.2 Å². The topological polar surface area (TPSA) is 86.8 Å². The van der Waals surface area contributed by atoms with E-state index in [0.717, 1.165) is 11.1 Å². The number of nitrogens with one attached hydrogen (secondary N) is 1. The Morgan fingerprint density at radius 1 is 0.941 bits per heavy atom. The number of amides is 2. The molecule has 0 fully saturated rings. The van der Waals surface area contributed by atoms with Crippen LogP contribution in [-0.2, 0) is 26.0 Å². The van der Waals surface area contributed by atoms with Crippen molar-refractivity contribution in [1.29, 1.82) is 0 Å². The molecule has 1 atom stereocenters. The molecular formula is C26H37N3O4S. The fraction of sp³-hybridized carbons (Fsp3) is 0.462. The summed E-state index contributed by atoms with van der Waals surface area (Å²) in [6.07, 6.45) is 2.29. The van der Waals surface area contributed by atoms with Gasteiger partial charge in [-0.1, -0.05) is 48.5 Å². The molecule has 7 nitrogen and oxygen atoms in total. The number of carbonyl (C=O) groups excluding carboxylic acids is 2. The number of nitrogens with zero attached hydrogens (tertiary/aromatic N) is 2. The molecule has 0 bridgehead atoms. The van der Waals surface area contributed by atoms with Gasteiger partial charge in [-0.05, 0) is 57.7 Å². The average Bonchev–Trinajstić information content (AvgIpc) is 2.77. The van der Waals surface area contributed by atoms with Crippen molar-refractivity contribution in [3.8, 4) is 0 Å². The fourth-order valence-corrected chi connectivity index (χ4v) is 4.82. The van der Waals surface area contributed by atoms with Gasteiger partial charge in [-0.25, -0.2) is 8.42 Å². The van der Waals surface area contributed by atoms with Gasteiger partial charge >= 0.3 is 0 Å². The third kappa shape index (κ3) is 8.17. The monoisotopic (exact) mass is 487 g/mol. The number of hydrogen-bond acceptors (Lipinski definition) is 4. The highest BCUT2D eigenvalue weighted by Gasteiger charge is 2.26. The number of hydrogen-bond donors (Lipinski definition) is 1. The lowest BCUT2D eigenvalue weighted by atomic mass is 10.1. The highest BCUT2D eigenvalue weighted by Crippen LogP contribution is 2.22. The third-order valence-electron chi connectivity index (χ3n) is 5.62. The Bertz CT molecular complexity index is 1050. The molecule has 0 radical (unpaired) electrons. The van der Waals surface area contributed by atoms with Crippen molar-refractivity contribution in [3.63, 3.8) is 0 Å². The minimum Gasteiger partial charge on any atom is -0.352 e. The van der Waals surface area contributed by atoms with Crippen molar-refractivity contribution in [2.75, 3.05) is 23.7 Å². The molecule has 2 amide bonds. The van der Waals surface area contributed by atoms with Crippen LogP contribution in [0.25, 0.3) is 0 Å². The zero-order valence-electron chi connectivity index (χ0n) is 20.8. The summed E-state index contributed by atoms with van der Waals surface area (Å²) in [5, 5.41) is 2.88. The Balaban J connectivity index is 2.11. The van der Waals surface area contributed by atoms with Crippen molar-refractivity contribution < 1.29 is 18.0 Å². The van der Waals surface area contributed by atoms with Crippen LogP contribution in [0.5, 0.6) is 0 Å². The second-order valence-corrected chi connectivity index (χ2v) is 10.8. The van der Waals surface area contributed by atoms with Gasteiger partial charge in [0.2, 0.25) is 21.8 Å². The molecule has 8 heteroatoms. The maximum absolute atomic E-state index is 13.2. The highest BCUT2D eigenvalue weighted by atomic mass is 32.2. The van der Waals surface area contributed by atoms with Crippen LogP contribution in [0.15, 0.2) is 54.6 Å². The predicted octanol–water partition coefficient (Wildman–Crippen LogP) is 3.53. The lowest BCUT2D eigenvalue weighted by Gasteiger charge is -2.30. The first-order valence-corrected chi connectivity index (χ1v) is 13.5. The van der Waals surface area contributed by atoms with Crippen LogP contribution >= 0.6 is 0 Å². The number of benzene rings is 2. The van der Waals surface area contributed by atoms with E-state index in [2.05, 4.69) is 5.32 Å². The van der Waals surface area contributed by atoms with Gasteiger partial charge < -0.3 is 10.2 Å². The third-order valence-corrected chi connectivity index (χ3v) is 6.80. The van der Waals surface area contributed by atoms with E-state index in [4.69, 9.17) is 0 Å². The van der Waals surface area contributed by atoms with E-state index >= 15 is 0 Å². The summed E-state index contributed by atoms with van der Waals surface area (Å²) in [6, 6.07) is 16.4. The minimum absolute atomic E-state index is 0.0292. The first-order chi connectivity index (χ1) is 16.0. The molecule has 0 aliphatic heterocycles. The van der Waals surface area contributed by atoms with Gasteiger partial charge in [-0.3, -0.25) is 13.9 Å². The van der Waals surface area contributed by atoms with Crippen molar-refractivity contribution in [1.82, 2.24) is 10.2 Å². The molecule has 186 valence electrons. The van der Waals surface area contributed by atoms with E-state index in [0.29, 0.717) is 25.1 Å². The molecule has 0 heterocycles. The first kappa shape index (κ1) is 27.4. The lowest BCUT2D eigenvalue weighted by Crippen LogP contribution is -2.50. The van der Waals surface area contributed by atoms with Gasteiger partial charge in [0.15, 0.2) is 0 Å². The van der Waals surface area contributed by atoms with Crippen molar-refractivity contribution >= 4 is 27.5 Å². The summed E-state index contributed by atoms with van der Waals surface area (Å²) in [4.78, 5) is 27.5. The van der Waals surface area contributed by atoms with Crippen molar-refractivity contribution in [3.05, 3.63) is 65.7 Å². The number of anilines is 1. The van der Waals surface area contributed by atoms with E-state index in [9.17, 15) is 18.0 Å². The Labute approximate surface area is 204 Å². The standard InChI is InChI=1S/C26H37N3O4S/c1-20(2)27-26(31)22(4)28(19-17-23-13-7-6-8-14-23)25(30)16-11-18-29(34(5,32)33)24-15-10-9-12-21(24)3/h6-10,12-15,20,22H,11,16-19H2,1-5H3,(H,27,31)/t22-/m0/s1. The summed E-state index contributed by atoms with van der Waals surface area (Å²) in [5.41, 5.74) is 2.55. The van der Waals surface area contributed by atoms with Crippen LogP contribution in [0.4, 0.5) is 5.69 Å². The summed E-state index contributed by atoms with van der Waals surface area (Å²) >= 11 is 0. The van der Waals surface area contributed by atoms with Crippen LogP contribution in [-0.4, -0.2) is 56.6 Å². The molecule has 0 saturated heterocycles. The molecule has 2 rings (SSSR count). The molecule has 0 unspecified atom stereocenters. The SMILES string of the molecule is Cc1ccccc1N(CCCC(=O)N(CCc1ccccc1)[C@@H](C)C(=O)NC(C)C)S(C)(=O)=O. The second-order valence-electron chi connectivity index (χ2n) is 8.89. The number of carbonyl (C=O) groups is 2. The maximum Gasteiger partial charge on any atom is 0.242 e. The molecule has 34 heavy (non-hydrogen) atoms. The predicted molar refractivity (Wildman–Crippen MR) is 137 cm³/mol. The molecule has 0 aromatic heterocycles. The fourth-order valence-electron chi connectivity index (χ4n) is 3.80. The Kier molecular flexibility index (Phi) is 10.1. The normalized spacial score (nSPS) is 12.3. The molecule has 0 aliphatic rings. The zero-order chi connectivity index (χ0) is 25.3. The van der Waals surface area contributed by atoms with Gasteiger partial charge in [-0.2, -0.15) is 0 Å². The second kappa shape index (κ2) is 12.6. The van der Waals surface area contributed by atoms with Gasteiger partial charge in [0, 0.05) is 25.6 Å². The maximum atomic E-state index is 13.2. The van der Waals surface area contributed by atoms with Crippen molar-refractivity contribution in [2.45, 2.75) is 59.0 Å². The van der Waals surface area contributed by atoms with E-state index < -0.39 is 16.1 Å². The molecule has 0 spiro atoms. The lowest BCUT2D eigenvalue weighted by molar-refractivity contribution is -0.140. The summed E-state index contributed by atoms with van der Waals surface area (Å²) < 4.78 is 26.2. The number of para-hydroxylation sites is 1. The summed E-state index contributed by atoms with van der Waals surface area (Å²) in [6.45, 7) is 7.95. The molecule has 0 saturated carbocycles. The highest BCUT2D eigenvalue weighted by molar-refractivity contribution is 7.92. The van der Waals surface area contributed by atoms with Crippen LogP contribution in [0.1, 0.15) is 44.7 Å². The van der Waals surface area contributed by atoms with Crippen LogP contribution in [0, 0.1) is 6.92 Å². The molecular weight excluding hydrogens is 450 g/mol. The van der Waals surface area contributed by atoms with Crippen LogP contribution in [0.3, 0.4) is 0 Å². The van der Waals surface area contributed by atoms with Crippen molar-refractivity contribution in [2.24, 2.45) is 0 Å². The molecule has 2 aromatic rings. The Morgan fingerprint density at radius 2 is 1.56 bits per heavy atom. The number of aryl methyl sites for hydroxylation is 1. The van der Waals surface area contributed by atoms with E-state index in [1.54, 1.807) is 24.0 Å². The van der Waals surface area contributed by atoms with Gasteiger partial charge in [-0.15, -0.1) is 0 Å². The van der Waals surface area contributed by atoms with E-state index in [-0.39, 0.29) is 30.8 Å². The summed E-state index contributed by atoms with van der Waals surface area (Å²) in [7, 11) is -3.50. The molecule has 1 N–H and O–H groups in total. The van der Waals surface area contributed by atoms with E-state index in [1.165, 1.54) is 10.6 Å². The van der Waals surface area contributed by atoms with Crippen LogP contribution in [0.2, 0.25) is 0 Å². The summed E-state index contributed by atoms with van der Waals surface area (Å²) in [5.74, 6) is -0.366.